The van der Waals surface area contributed by atoms with Crippen LogP contribution in [-0.4, -0.2) is 62.0 Å². The molecular formula is C11H18N4O4S. The van der Waals surface area contributed by atoms with Crippen LogP contribution in [0.5, 0.6) is 0 Å². The number of hydrogen-bond donors (Lipinski definition) is 2. The predicted molar refractivity (Wildman–Crippen MR) is 70.5 cm³/mol. The number of hydrogen-bond acceptors (Lipinski definition) is 5. The van der Waals surface area contributed by atoms with E-state index in [1.54, 1.807) is 11.8 Å². The number of aromatic amines is 1. The highest BCUT2D eigenvalue weighted by Gasteiger charge is 2.19. The highest BCUT2D eigenvalue weighted by molar-refractivity contribution is 7.89. The molecule has 1 fully saturated rings. The van der Waals surface area contributed by atoms with E-state index in [1.165, 1.54) is 6.20 Å². The van der Waals surface area contributed by atoms with Crippen molar-refractivity contribution in [2.75, 3.05) is 32.8 Å². The summed E-state index contributed by atoms with van der Waals surface area (Å²) in [4.78, 5) is 20.0. The van der Waals surface area contributed by atoms with Gasteiger partial charge in [0.1, 0.15) is 5.82 Å². The maximum absolute atomic E-state index is 11.9. The van der Waals surface area contributed by atoms with Gasteiger partial charge in [-0.15, -0.1) is 0 Å². The third kappa shape index (κ3) is 3.78. The normalized spacial score (nSPS) is 16.4. The van der Waals surface area contributed by atoms with Gasteiger partial charge in [-0.3, -0.25) is 4.79 Å². The summed E-state index contributed by atoms with van der Waals surface area (Å²) in [6.45, 7) is 3.92. The lowest BCUT2D eigenvalue weighted by Crippen LogP contribution is -2.42. The molecule has 2 heterocycles. The van der Waals surface area contributed by atoms with Crippen molar-refractivity contribution >= 4 is 15.9 Å². The average molecular weight is 302 g/mol. The molecule has 1 aliphatic heterocycles. The Balaban J connectivity index is 1.81. The maximum Gasteiger partial charge on any atom is 0.257 e. The second kappa shape index (κ2) is 6.33. The third-order valence-electron chi connectivity index (χ3n) is 2.96. The molecule has 1 aliphatic rings. The highest BCUT2D eigenvalue weighted by atomic mass is 32.2. The Kier molecular flexibility index (Phi) is 4.73. The molecule has 20 heavy (non-hydrogen) atoms. The van der Waals surface area contributed by atoms with Gasteiger partial charge in [-0.05, 0) is 6.92 Å². The molecule has 0 radical (unpaired) electrons. The van der Waals surface area contributed by atoms with E-state index in [2.05, 4.69) is 14.7 Å². The van der Waals surface area contributed by atoms with Crippen LogP contribution < -0.4 is 4.72 Å². The molecule has 1 aromatic heterocycles. The first-order valence-electron chi connectivity index (χ1n) is 6.36. The Morgan fingerprint density at radius 1 is 1.50 bits per heavy atom. The van der Waals surface area contributed by atoms with Crippen molar-refractivity contribution in [3.63, 3.8) is 0 Å². The quantitative estimate of drug-likeness (QED) is 0.744. The summed E-state index contributed by atoms with van der Waals surface area (Å²) in [5.74, 6) is 0.451. The molecular weight excluding hydrogens is 284 g/mol. The Labute approximate surface area is 117 Å². The van der Waals surface area contributed by atoms with Crippen LogP contribution >= 0.6 is 0 Å². The minimum atomic E-state index is -3.63. The zero-order valence-electron chi connectivity index (χ0n) is 11.3. The van der Waals surface area contributed by atoms with Crippen molar-refractivity contribution in [2.45, 2.75) is 18.4 Å². The second-order valence-corrected chi connectivity index (χ2v) is 6.21. The van der Waals surface area contributed by atoms with Crippen molar-refractivity contribution in [2.24, 2.45) is 0 Å². The van der Waals surface area contributed by atoms with E-state index in [0.717, 1.165) is 0 Å². The Morgan fingerprint density at radius 2 is 2.20 bits per heavy atom. The smallest absolute Gasteiger partial charge is 0.257 e. The van der Waals surface area contributed by atoms with Gasteiger partial charge in [0.2, 0.25) is 5.91 Å². The fraction of sp³-hybridized carbons (Fsp3) is 0.636. The van der Waals surface area contributed by atoms with Crippen LogP contribution in [0.15, 0.2) is 11.2 Å². The third-order valence-corrected chi connectivity index (χ3v) is 4.33. The Hall–Kier alpha value is -1.45. The molecule has 0 atom stereocenters. The van der Waals surface area contributed by atoms with Gasteiger partial charge in [-0.1, -0.05) is 0 Å². The summed E-state index contributed by atoms with van der Waals surface area (Å²) >= 11 is 0. The fourth-order valence-corrected chi connectivity index (χ4v) is 2.88. The van der Waals surface area contributed by atoms with Crippen molar-refractivity contribution in [1.82, 2.24) is 19.6 Å². The molecule has 0 bridgehead atoms. The van der Waals surface area contributed by atoms with Gasteiger partial charge in [-0.25, -0.2) is 18.1 Å². The number of aryl methyl sites for hydroxylation is 1. The summed E-state index contributed by atoms with van der Waals surface area (Å²) in [7, 11) is -3.63. The van der Waals surface area contributed by atoms with E-state index in [9.17, 15) is 13.2 Å². The molecule has 0 unspecified atom stereocenters. The molecule has 8 nitrogen and oxygen atoms in total. The highest BCUT2D eigenvalue weighted by Crippen LogP contribution is 2.05. The van der Waals surface area contributed by atoms with Crippen LogP contribution in [0.25, 0.3) is 0 Å². The standard InChI is InChI=1S/C11H18N4O4S/c1-9-12-8-10(14-9)20(17,18)13-3-2-11(16)15-4-6-19-7-5-15/h8,13H,2-7H2,1H3,(H,12,14). The van der Waals surface area contributed by atoms with Gasteiger partial charge in [0.05, 0.1) is 19.4 Å². The van der Waals surface area contributed by atoms with Crippen molar-refractivity contribution in [1.29, 1.82) is 0 Å². The minimum Gasteiger partial charge on any atom is -0.378 e. The number of H-pyrrole nitrogens is 1. The number of morpholine rings is 1. The minimum absolute atomic E-state index is 0.00817. The maximum atomic E-state index is 11.9. The number of imidazole rings is 1. The van der Waals surface area contributed by atoms with Crippen LogP contribution in [0.2, 0.25) is 0 Å². The SMILES string of the molecule is Cc1ncc(S(=O)(=O)NCCC(=O)N2CCOCC2)[nH]1. The van der Waals surface area contributed by atoms with Gasteiger partial charge in [0.25, 0.3) is 10.0 Å². The summed E-state index contributed by atoms with van der Waals surface area (Å²) in [5, 5.41) is 0.00817. The number of sulfonamides is 1. The summed E-state index contributed by atoms with van der Waals surface area (Å²) in [6.07, 6.45) is 1.38. The first-order chi connectivity index (χ1) is 9.49. The van der Waals surface area contributed by atoms with Crippen LogP contribution in [0, 0.1) is 6.92 Å². The largest absolute Gasteiger partial charge is 0.378 e. The zero-order chi connectivity index (χ0) is 14.6. The van der Waals surface area contributed by atoms with Crippen LogP contribution in [0.4, 0.5) is 0 Å². The zero-order valence-corrected chi connectivity index (χ0v) is 12.1. The fourth-order valence-electron chi connectivity index (χ4n) is 1.88. The lowest BCUT2D eigenvalue weighted by molar-refractivity contribution is -0.135. The summed E-state index contributed by atoms with van der Waals surface area (Å²) < 4.78 is 31.3. The number of aromatic nitrogens is 2. The number of carbonyl (C=O) groups is 1. The number of nitrogens with one attached hydrogen (secondary N) is 2. The van der Waals surface area contributed by atoms with E-state index in [0.29, 0.717) is 32.1 Å². The van der Waals surface area contributed by atoms with Gasteiger partial charge < -0.3 is 14.6 Å². The molecule has 112 valence electrons. The van der Waals surface area contributed by atoms with E-state index in [4.69, 9.17) is 4.74 Å². The summed E-state index contributed by atoms with van der Waals surface area (Å²) in [5.41, 5.74) is 0. The van der Waals surface area contributed by atoms with Crippen molar-refractivity contribution in [3.05, 3.63) is 12.0 Å². The van der Waals surface area contributed by atoms with Crippen molar-refractivity contribution < 1.29 is 17.9 Å². The van der Waals surface area contributed by atoms with Crippen LogP contribution in [-0.2, 0) is 19.6 Å². The van der Waals surface area contributed by atoms with E-state index >= 15 is 0 Å². The molecule has 1 aromatic rings. The Morgan fingerprint density at radius 3 is 2.80 bits per heavy atom. The molecule has 0 aromatic carbocycles. The molecule has 1 saturated heterocycles. The van der Waals surface area contributed by atoms with E-state index < -0.39 is 10.0 Å². The van der Waals surface area contributed by atoms with Crippen LogP contribution in [0.1, 0.15) is 12.2 Å². The number of carbonyl (C=O) groups excluding carboxylic acids is 1. The van der Waals surface area contributed by atoms with Gasteiger partial charge in [0, 0.05) is 26.1 Å². The number of rotatable bonds is 5. The monoisotopic (exact) mass is 302 g/mol. The number of ether oxygens (including phenoxy) is 1. The molecule has 0 aliphatic carbocycles. The first kappa shape index (κ1) is 14.9. The summed E-state index contributed by atoms with van der Waals surface area (Å²) in [6, 6.07) is 0. The number of amides is 1. The molecule has 2 N–H and O–H groups in total. The second-order valence-electron chi connectivity index (χ2n) is 4.47. The van der Waals surface area contributed by atoms with Crippen molar-refractivity contribution in [3.8, 4) is 0 Å². The first-order valence-corrected chi connectivity index (χ1v) is 7.84. The number of nitrogens with zero attached hydrogens (tertiary/aromatic N) is 2. The van der Waals surface area contributed by atoms with Crippen LogP contribution in [0.3, 0.4) is 0 Å². The lowest BCUT2D eigenvalue weighted by atomic mass is 10.3. The van der Waals surface area contributed by atoms with Gasteiger partial charge in [0.15, 0.2) is 5.03 Å². The molecule has 9 heteroatoms. The molecule has 1 amide bonds. The average Bonchev–Trinajstić information content (AvgIpc) is 2.87. The van der Waals surface area contributed by atoms with E-state index in [1.807, 2.05) is 0 Å². The molecule has 0 spiro atoms. The van der Waals surface area contributed by atoms with E-state index in [-0.39, 0.29) is 23.9 Å². The topological polar surface area (TPSA) is 104 Å². The van der Waals surface area contributed by atoms with Gasteiger partial charge >= 0.3 is 0 Å². The molecule has 2 rings (SSSR count). The van der Waals surface area contributed by atoms with Gasteiger partial charge in [-0.2, -0.15) is 0 Å². The molecule has 0 saturated carbocycles. The Bertz CT molecular complexity index is 563. The lowest BCUT2D eigenvalue weighted by Gasteiger charge is -2.26. The predicted octanol–water partition coefficient (Wildman–Crippen LogP) is -0.755.